The van der Waals surface area contributed by atoms with Crippen LogP contribution in [0.2, 0.25) is 0 Å². The summed E-state index contributed by atoms with van der Waals surface area (Å²) in [6, 6.07) is 25.9. The first-order valence-corrected chi connectivity index (χ1v) is 8.91. The zero-order valence-corrected chi connectivity index (χ0v) is 14.7. The predicted molar refractivity (Wildman–Crippen MR) is 107 cm³/mol. The molecule has 4 aromatic rings. The molecule has 132 valence electrons. The van der Waals surface area contributed by atoms with Crippen molar-refractivity contribution in [3.63, 3.8) is 0 Å². The van der Waals surface area contributed by atoms with E-state index in [4.69, 9.17) is 0 Å². The number of amides is 1. The first-order valence-electron chi connectivity index (χ1n) is 8.91. The zero-order chi connectivity index (χ0) is 18.5. The molecule has 1 heterocycles. The van der Waals surface area contributed by atoms with Gasteiger partial charge in [-0.05, 0) is 23.3 Å². The lowest BCUT2D eigenvalue weighted by atomic mass is 9.91. The molecule has 0 radical (unpaired) electrons. The Balaban J connectivity index is 1.60. The Morgan fingerprint density at radius 1 is 0.778 bits per heavy atom. The van der Waals surface area contributed by atoms with Crippen molar-refractivity contribution in [1.82, 2.24) is 15.3 Å². The average Bonchev–Trinajstić information content (AvgIpc) is 2.75. The molecule has 1 aromatic heterocycles. The number of nitrogens with one attached hydrogen (secondary N) is 1. The molecule has 3 aromatic carbocycles. The molecule has 0 atom stereocenters. The highest BCUT2D eigenvalue weighted by Crippen LogP contribution is 2.24. The summed E-state index contributed by atoms with van der Waals surface area (Å²) in [4.78, 5) is 21.4. The van der Waals surface area contributed by atoms with Gasteiger partial charge in [-0.3, -0.25) is 14.8 Å². The summed E-state index contributed by atoms with van der Waals surface area (Å²) >= 11 is 0. The normalized spacial score (nSPS) is 10.9. The molecule has 0 saturated carbocycles. The van der Waals surface area contributed by atoms with Crippen molar-refractivity contribution >= 4 is 16.9 Å². The summed E-state index contributed by atoms with van der Waals surface area (Å²) in [6.07, 6.45) is 3.24. The first kappa shape index (κ1) is 16.9. The fraction of sp³-hybridized carbons (Fsp3) is 0.0870. The van der Waals surface area contributed by atoms with Gasteiger partial charge < -0.3 is 5.32 Å². The van der Waals surface area contributed by atoms with Crippen LogP contribution in [0.4, 0.5) is 0 Å². The van der Waals surface area contributed by atoms with E-state index in [1.807, 2.05) is 48.5 Å². The van der Waals surface area contributed by atoms with Crippen LogP contribution in [-0.2, 0) is 0 Å². The minimum atomic E-state index is -0.141. The number of carbonyl (C=O) groups excluding carboxylic acids is 1. The van der Waals surface area contributed by atoms with Gasteiger partial charge in [-0.15, -0.1) is 0 Å². The third kappa shape index (κ3) is 3.70. The maximum absolute atomic E-state index is 12.8. The van der Waals surface area contributed by atoms with E-state index in [9.17, 15) is 4.79 Å². The van der Waals surface area contributed by atoms with E-state index in [2.05, 4.69) is 39.6 Å². The third-order valence-electron chi connectivity index (χ3n) is 4.61. The van der Waals surface area contributed by atoms with Gasteiger partial charge in [-0.1, -0.05) is 66.7 Å². The quantitative estimate of drug-likeness (QED) is 0.585. The van der Waals surface area contributed by atoms with Gasteiger partial charge in [-0.25, -0.2) is 0 Å². The van der Waals surface area contributed by atoms with Crippen molar-refractivity contribution in [2.24, 2.45) is 0 Å². The minimum absolute atomic E-state index is 0.0809. The van der Waals surface area contributed by atoms with Crippen molar-refractivity contribution in [2.75, 3.05) is 6.54 Å². The molecule has 0 unspecified atom stereocenters. The number of benzene rings is 3. The monoisotopic (exact) mass is 353 g/mol. The number of fused-ring (bicyclic) bond motifs is 1. The van der Waals surface area contributed by atoms with Gasteiger partial charge in [0, 0.05) is 24.9 Å². The maximum atomic E-state index is 12.8. The summed E-state index contributed by atoms with van der Waals surface area (Å²) in [5.41, 5.74) is 4.21. The van der Waals surface area contributed by atoms with Crippen molar-refractivity contribution in [3.05, 3.63) is 108 Å². The van der Waals surface area contributed by atoms with Gasteiger partial charge in [-0.2, -0.15) is 0 Å². The van der Waals surface area contributed by atoms with E-state index < -0.39 is 0 Å². The van der Waals surface area contributed by atoms with Gasteiger partial charge in [0.05, 0.1) is 11.1 Å². The summed E-state index contributed by atoms with van der Waals surface area (Å²) < 4.78 is 0. The molecule has 0 saturated heterocycles. The zero-order valence-electron chi connectivity index (χ0n) is 14.7. The topological polar surface area (TPSA) is 54.9 Å². The van der Waals surface area contributed by atoms with Crippen molar-refractivity contribution in [3.8, 4) is 0 Å². The maximum Gasteiger partial charge on any atom is 0.253 e. The average molecular weight is 353 g/mol. The molecule has 1 N–H and O–H groups in total. The molecule has 0 aliphatic carbocycles. The molecule has 0 spiro atoms. The molecule has 27 heavy (non-hydrogen) atoms. The summed E-state index contributed by atoms with van der Waals surface area (Å²) in [7, 11) is 0. The van der Waals surface area contributed by atoms with Crippen LogP contribution in [0.15, 0.2) is 91.3 Å². The lowest BCUT2D eigenvalue weighted by molar-refractivity contribution is 0.0954. The van der Waals surface area contributed by atoms with Gasteiger partial charge in [0.15, 0.2) is 0 Å². The van der Waals surface area contributed by atoms with Crippen LogP contribution >= 0.6 is 0 Å². The number of hydrogen-bond acceptors (Lipinski definition) is 3. The molecule has 0 bridgehead atoms. The largest absolute Gasteiger partial charge is 0.351 e. The van der Waals surface area contributed by atoms with Crippen LogP contribution in [0.3, 0.4) is 0 Å². The van der Waals surface area contributed by atoms with E-state index in [0.29, 0.717) is 23.1 Å². The van der Waals surface area contributed by atoms with Gasteiger partial charge in [0.2, 0.25) is 0 Å². The van der Waals surface area contributed by atoms with Gasteiger partial charge in [0.1, 0.15) is 5.52 Å². The Morgan fingerprint density at radius 2 is 1.41 bits per heavy atom. The number of aromatic nitrogens is 2. The highest BCUT2D eigenvalue weighted by molar-refractivity contribution is 6.04. The molecular weight excluding hydrogens is 334 g/mol. The highest BCUT2D eigenvalue weighted by Gasteiger charge is 2.17. The predicted octanol–water partition coefficient (Wildman–Crippen LogP) is 4.19. The van der Waals surface area contributed by atoms with Crippen molar-refractivity contribution in [1.29, 1.82) is 0 Å². The fourth-order valence-corrected chi connectivity index (χ4v) is 3.26. The molecular formula is C23H19N3O. The number of hydrogen-bond donors (Lipinski definition) is 1. The van der Waals surface area contributed by atoms with Gasteiger partial charge >= 0.3 is 0 Å². The minimum Gasteiger partial charge on any atom is -0.351 e. The van der Waals surface area contributed by atoms with Crippen LogP contribution in [0.25, 0.3) is 11.0 Å². The lowest BCUT2D eigenvalue weighted by Gasteiger charge is -2.19. The van der Waals surface area contributed by atoms with Gasteiger partial charge in [0.25, 0.3) is 5.91 Å². The summed E-state index contributed by atoms with van der Waals surface area (Å²) in [5.74, 6) is -0.0598. The number of rotatable bonds is 5. The third-order valence-corrected chi connectivity index (χ3v) is 4.61. The van der Waals surface area contributed by atoms with E-state index in [-0.39, 0.29) is 11.8 Å². The van der Waals surface area contributed by atoms with E-state index in [1.165, 1.54) is 11.1 Å². The van der Waals surface area contributed by atoms with E-state index in [0.717, 1.165) is 0 Å². The standard InChI is InChI=1S/C23H19N3O/c27-23(19-12-7-13-21-22(19)25-15-14-24-21)26-16-20(17-8-3-1-4-9-17)18-10-5-2-6-11-18/h1-15,20H,16H2,(H,26,27). The molecule has 4 nitrogen and oxygen atoms in total. The Bertz CT molecular complexity index is 1000. The van der Waals surface area contributed by atoms with Crippen LogP contribution in [-0.4, -0.2) is 22.4 Å². The Kier molecular flexibility index (Phi) is 4.88. The van der Waals surface area contributed by atoms with Crippen molar-refractivity contribution < 1.29 is 4.79 Å². The lowest BCUT2D eigenvalue weighted by Crippen LogP contribution is -2.29. The summed E-state index contributed by atoms with van der Waals surface area (Å²) in [5, 5.41) is 3.08. The number of nitrogens with zero attached hydrogens (tertiary/aromatic N) is 2. The number of para-hydroxylation sites is 1. The second-order valence-corrected chi connectivity index (χ2v) is 6.31. The van der Waals surface area contributed by atoms with Crippen molar-refractivity contribution in [2.45, 2.75) is 5.92 Å². The van der Waals surface area contributed by atoms with E-state index >= 15 is 0 Å². The molecule has 4 heteroatoms. The Labute approximate surface area is 157 Å². The molecule has 4 rings (SSSR count). The van der Waals surface area contributed by atoms with Crippen LogP contribution in [0.1, 0.15) is 27.4 Å². The summed E-state index contributed by atoms with van der Waals surface area (Å²) in [6.45, 7) is 0.503. The fourth-order valence-electron chi connectivity index (χ4n) is 3.26. The second-order valence-electron chi connectivity index (χ2n) is 6.31. The van der Waals surface area contributed by atoms with Crippen LogP contribution < -0.4 is 5.32 Å². The van der Waals surface area contributed by atoms with Crippen LogP contribution in [0.5, 0.6) is 0 Å². The SMILES string of the molecule is O=C(NCC(c1ccccc1)c1ccccc1)c1cccc2nccnc12. The molecule has 0 aliphatic heterocycles. The van der Waals surface area contributed by atoms with E-state index in [1.54, 1.807) is 18.5 Å². The number of carbonyl (C=O) groups is 1. The highest BCUT2D eigenvalue weighted by atomic mass is 16.1. The second kappa shape index (κ2) is 7.79. The first-order chi connectivity index (χ1) is 13.3. The molecule has 0 aliphatic rings. The Morgan fingerprint density at radius 3 is 2.07 bits per heavy atom. The van der Waals surface area contributed by atoms with Crippen LogP contribution in [0, 0.1) is 0 Å². The smallest absolute Gasteiger partial charge is 0.253 e. The Hall–Kier alpha value is -3.53. The molecule has 1 amide bonds. The molecule has 0 fully saturated rings.